The van der Waals surface area contributed by atoms with E-state index in [1.165, 1.54) is 31.2 Å². The number of nitrogens with zero attached hydrogens (tertiary/aromatic N) is 1. The van der Waals surface area contributed by atoms with Crippen LogP contribution in [0.1, 0.15) is 31.7 Å². The largest absolute Gasteiger partial charge is 0.508 e. The van der Waals surface area contributed by atoms with E-state index in [0.717, 1.165) is 0 Å². The van der Waals surface area contributed by atoms with Crippen molar-refractivity contribution in [3.8, 4) is 5.75 Å². The number of hydrogen-bond donors (Lipinski definition) is 9. The van der Waals surface area contributed by atoms with Crippen LogP contribution in [0.5, 0.6) is 5.75 Å². The van der Waals surface area contributed by atoms with E-state index in [9.17, 15) is 34.2 Å². The number of carboxylic acids is 2. The summed E-state index contributed by atoms with van der Waals surface area (Å²) in [6, 6.07) is 0.431. The Bertz CT molecular complexity index is 993. The Kier molecular flexibility index (Phi) is 12.3. The molecule has 37 heavy (non-hydrogen) atoms. The zero-order valence-corrected chi connectivity index (χ0v) is 20.2. The van der Waals surface area contributed by atoms with Crippen LogP contribution in [0.3, 0.4) is 0 Å². The molecule has 0 spiro atoms. The number of benzene rings is 1. The van der Waals surface area contributed by atoms with E-state index in [1.807, 2.05) is 0 Å². The number of carbonyl (C=O) groups excluding carboxylic acids is 3. The summed E-state index contributed by atoms with van der Waals surface area (Å²) in [6.45, 7) is 1.43. The van der Waals surface area contributed by atoms with Gasteiger partial charge < -0.3 is 48.5 Å². The third-order valence-electron chi connectivity index (χ3n) is 4.99. The fourth-order valence-electron chi connectivity index (χ4n) is 3.07. The number of phenolic OH excluding ortho intramolecular Hbond substituents is 1. The molecule has 0 saturated carbocycles. The molecule has 4 atom stereocenters. The monoisotopic (exact) mass is 523 g/mol. The second-order valence-electron chi connectivity index (χ2n) is 8.23. The molecule has 15 nitrogen and oxygen atoms in total. The summed E-state index contributed by atoms with van der Waals surface area (Å²) in [4.78, 5) is 64.5. The highest BCUT2D eigenvalue weighted by Crippen LogP contribution is 2.12. The Balaban J connectivity index is 3.07. The van der Waals surface area contributed by atoms with Crippen molar-refractivity contribution in [1.82, 2.24) is 16.0 Å². The second-order valence-corrected chi connectivity index (χ2v) is 8.23. The molecular formula is C22H33N7O8. The van der Waals surface area contributed by atoms with Gasteiger partial charge in [0.2, 0.25) is 17.7 Å². The van der Waals surface area contributed by atoms with Crippen molar-refractivity contribution in [3.63, 3.8) is 0 Å². The van der Waals surface area contributed by atoms with E-state index in [1.54, 1.807) is 0 Å². The van der Waals surface area contributed by atoms with E-state index < -0.39 is 60.2 Å². The van der Waals surface area contributed by atoms with Crippen molar-refractivity contribution in [2.24, 2.45) is 22.2 Å². The fourth-order valence-corrected chi connectivity index (χ4v) is 3.07. The minimum absolute atomic E-state index is 0.0183. The standard InChI is InChI=1S/C22H33N7O8/c1-11(23)18(33)28-15(10-17(31)32)20(35)27-14(3-2-8-26-22(24)25)19(34)29-16(21(36)37)9-12-4-6-13(30)7-5-12/h4-7,11,14-16,30H,2-3,8-10,23H2,1H3,(H,27,35)(H,28,33)(H,29,34)(H,31,32)(H,36,37)(H4,24,25,26). The number of carboxylic acid groups (broad SMARTS) is 2. The number of guanidine groups is 1. The molecule has 0 aliphatic carbocycles. The first-order valence-corrected chi connectivity index (χ1v) is 11.2. The lowest BCUT2D eigenvalue weighted by Gasteiger charge is -2.24. The first-order valence-electron chi connectivity index (χ1n) is 11.2. The Hall–Kier alpha value is -4.40. The molecule has 0 saturated heterocycles. The van der Waals surface area contributed by atoms with Gasteiger partial charge in [-0.15, -0.1) is 0 Å². The molecule has 204 valence electrons. The van der Waals surface area contributed by atoms with Crippen LogP contribution < -0.4 is 33.2 Å². The van der Waals surface area contributed by atoms with Crippen molar-refractivity contribution in [3.05, 3.63) is 29.8 Å². The average molecular weight is 524 g/mol. The quantitative estimate of drug-likeness (QED) is 0.0650. The van der Waals surface area contributed by atoms with Gasteiger partial charge in [0.25, 0.3) is 0 Å². The van der Waals surface area contributed by atoms with E-state index in [2.05, 4.69) is 20.9 Å². The molecule has 1 aromatic carbocycles. The number of aliphatic carboxylic acids is 2. The molecule has 12 N–H and O–H groups in total. The number of aliphatic imine (C=N–C) groups is 1. The van der Waals surface area contributed by atoms with E-state index in [0.29, 0.717) is 5.56 Å². The van der Waals surface area contributed by atoms with Gasteiger partial charge in [-0.2, -0.15) is 0 Å². The first kappa shape index (κ1) is 30.6. The normalized spacial score (nSPS) is 13.8. The van der Waals surface area contributed by atoms with Crippen LogP contribution >= 0.6 is 0 Å². The van der Waals surface area contributed by atoms with Crippen LogP contribution in [0.2, 0.25) is 0 Å². The molecule has 1 aromatic rings. The first-order chi connectivity index (χ1) is 17.3. The van der Waals surface area contributed by atoms with Gasteiger partial charge in [0, 0.05) is 13.0 Å². The maximum Gasteiger partial charge on any atom is 0.326 e. The van der Waals surface area contributed by atoms with Crippen LogP contribution in [0, 0.1) is 0 Å². The van der Waals surface area contributed by atoms with Crippen LogP contribution in [0.25, 0.3) is 0 Å². The Labute approximate surface area is 212 Å². The molecule has 0 fully saturated rings. The van der Waals surface area contributed by atoms with Crippen LogP contribution in [0.4, 0.5) is 0 Å². The lowest BCUT2D eigenvalue weighted by atomic mass is 10.0. The number of hydrogen-bond acceptors (Lipinski definition) is 8. The number of amides is 3. The molecule has 3 amide bonds. The molecule has 0 aliphatic heterocycles. The highest BCUT2D eigenvalue weighted by atomic mass is 16.4. The van der Waals surface area contributed by atoms with Gasteiger partial charge in [0.1, 0.15) is 23.9 Å². The maximum absolute atomic E-state index is 13.0. The summed E-state index contributed by atoms with van der Waals surface area (Å²) < 4.78 is 0. The van der Waals surface area contributed by atoms with Crippen LogP contribution in [-0.4, -0.2) is 81.7 Å². The SMILES string of the molecule is CC(N)C(=O)NC(CC(=O)O)C(=O)NC(CCCN=C(N)N)C(=O)NC(Cc1ccc(O)cc1)C(=O)O. The topological polar surface area (TPSA) is 273 Å². The minimum Gasteiger partial charge on any atom is -0.508 e. The Morgan fingerprint density at radius 2 is 1.43 bits per heavy atom. The van der Waals surface area contributed by atoms with Gasteiger partial charge in [0.15, 0.2) is 5.96 Å². The van der Waals surface area contributed by atoms with Gasteiger partial charge in [-0.3, -0.25) is 24.2 Å². The van der Waals surface area contributed by atoms with Crippen molar-refractivity contribution < 1.29 is 39.3 Å². The third kappa shape index (κ3) is 11.7. The Morgan fingerprint density at radius 3 is 1.95 bits per heavy atom. The summed E-state index contributed by atoms with van der Waals surface area (Å²) in [5.41, 5.74) is 16.5. The molecule has 0 heterocycles. The number of aromatic hydroxyl groups is 1. The van der Waals surface area contributed by atoms with Gasteiger partial charge >= 0.3 is 11.9 Å². The molecule has 15 heteroatoms. The average Bonchev–Trinajstić information content (AvgIpc) is 2.80. The Morgan fingerprint density at radius 1 is 0.892 bits per heavy atom. The maximum atomic E-state index is 13.0. The summed E-state index contributed by atoms with van der Waals surface area (Å²) in [5, 5.41) is 35.1. The summed E-state index contributed by atoms with van der Waals surface area (Å²) in [5.74, 6) is -5.57. The number of phenols is 1. The molecule has 0 bridgehead atoms. The summed E-state index contributed by atoms with van der Waals surface area (Å²) in [7, 11) is 0. The van der Waals surface area contributed by atoms with Crippen molar-refractivity contribution in [1.29, 1.82) is 0 Å². The molecular weight excluding hydrogens is 490 g/mol. The summed E-state index contributed by atoms with van der Waals surface area (Å²) in [6.07, 6.45) is -0.754. The van der Waals surface area contributed by atoms with Gasteiger partial charge in [0.05, 0.1) is 12.5 Å². The van der Waals surface area contributed by atoms with Crippen molar-refractivity contribution >= 4 is 35.6 Å². The van der Waals surface area contributed by atoms with Gasteiger partial charge in [-0.05, 0) is 37.5 Å². The predicted molar refractivity (Wildman–Crippen MR) is 131 cm³/mol. The zero-order chi connectivity index (χ0) is 28.1. The lowest BCUT2D eigenvalue weighted by molar-refractivity contribution is -0.143. The highest BCUT2D eigenvalue weighted by Gasteiger charge is 2.31. The minimum atomic E-state index is -1.55. The van der Waals surface area contributed by atoms with Gasteiger partial charge in [-0.25, -0.2) is 4.79 Å². The van der Waals surface area contributed by atoms with Crippen molar-refractivity contribution in [2.75, 3.05) is 6.54 Å². The summed E-state index contributed by atoms with van der Waals surface area (Å²) >= 11 is 0. The molecule has 0 aliphatic rings. The van der Waals surface area contributed by atoms with Crippen LogP contribution in [0.15, 0.2) is 29.3 Å². The second kappa shape index (κ2) is 14.9. The van der Waals surface area contributed by atoms with Crippen LogP contribution in [-0.2, 0) is 30.4 Å². The molecule has 0 radical (unpaired) electrons. The lowest BCUT2D eigenvalue weighted by Crippen LogP contribution is -2.57. The van der Waals surface area contributed by atoms with E-state index in [4.69, 9.17) is 22.3 Å². The fraction of sp³-hybridized carbons (Fsp3) is 0.455. The van der Waals surface area contributed by atoms with Crippen molar-refractivity contribution in [2.45, 2.75) is 56.8 Å². The van der Waals surface area contributed by atoms with E-state index in [-0.39, 0.29) is 37.5 Å². The zero-order valence-electron chi connectivity index (χ0n) is 20.2. The molecule has 4 unspecified atom stereocenters. The smallest absolute Gasteiger partial charge is 0.326 e. The van der Waals surface area contributed by atoms with Gasteiger partial charge in [-0.1, -0.05) is 12.1 Å². The number of carbonyl (C=O) groups is 5. The molecule has 0 aromatic heterocycles. The number of nitrogens with one attached hydrogen (secondary N) is 3. The third-order valence-corrected chi connectivity index (χ3v) is 4.99. The molecule has 1 rings (SSSR count). The number of rotatable bonds is 15. The van der Waals surface area contributed by atoms with E-state index >= 15 is 0 Å². The highest BCUT2D eigenvalue weighted by molar-refractivity contribution is 5.95. The predicted octanol–water partition coefficient (Wildman–Crippen LogP) is -2.65. The number of nitrogens with two attached hydrogens (primary N) is 3.